The zero-order chi connectivity index (χ0) is 13.0. The van der Waals surface area contributed by atoms with Crippen LogP contribution in [0.3, 0.4) is 0 Å². The van der Waals surface area contributed by atoms with Gasteiger partial charge in [-0.15, -0.1) is 11.3 Å². The Kier molecular flexibility index (Phi) is 4.33. The van der Waals surface area contributed by atoms with Crippen LogP contribution < -0.4 is 10.6 Å². The molecule has 0 saturated carbocycles. The van der Waals surface area contributed by atoms with E-state index in [0.717, 1.165) is 18.7 Å². The highest BCUT2D eigenvalue weighted by Crippen LogP contribution is 2.20. The zero-order valence-electron chi connectivity index (χ0n) is 10.9. The highest BCUT2D eigenvalue weighted by molar-refractivity contribution is 7.07. The van der Waals surface area contributed by atoms with Crippen LogP contribution in [0.15, 0.2) is 29.1 Å². The molecule has 0 spiro atoms. The third-order valence-electron chi connectivity index (χ3n) is 3.06. The first-order chi connectivity index (χ1) is 8.70. The molecule has 96 valence electrons. The summed E-state index contributed by atoms with van der Waals surface area (Å²) in [4.78, 5) is 6.53. The largest absolute Gasteiger partial charge is 0.369 e. The third kappa shape index (κ3) is 3.09. The van der Waals surface area contributed by atoms with E-state index in [9.17, 15) is 0 Å². The molecule has 0 bridgehead atoms. The molecule has 3 nitrogen and oxygen atoms in total. The van der Waals surface area contributed by atoms with Gasteiger partial charge in [0.15, 0.2) is 0 Å². The van der Waals surface area contributed by atoms with E-state index >= 15 is 0 Å². The average molecular weight is 261 g/mol. The topological polar surface area (TPSA) is 42.2 Å². The molecule has 1 aromatic carbocycles. The molecule has 0 aliphatic rings. The summed E-state index contributed by atoms with van der Waals surface area (Å²) < 4.78 is 0. The molecule has 0 aliphatic heterocycles. The molecular formula is C14H19N3S. The van der Waals surface area contributed by atoms with Crippen molar-refractivity contribution in [2.75, 3.05) is 18.5 Å². The van der Waals surface area contributed by atoms with Gasteiger partial charge in [0.1, 0.15) is 0 Å². The first-order valence-corrected chi connectivity index (χ1v) is 7.03. The number of hydrogen-bond acceptors (Lipinski definition) is 4. The fraction of sp³-hybridized carbons (Fsp3) is 0.357. The van der Waals surface area contributed by atoms with Gasteiger partial charge in [0, 0.05) is 18.1 Å². The summed E-state index contributed by atoms with van der Waals surface area (Å²) in [6, 6.07) is 6.55. The van der Waals surface area contributed by atoms with Gasteiger partial charge in [-0.1, -0.05) is 6.07 Å². The van der Waals surface area contributed by atoms with E-state index in [1.165, 1.54) is 16.8 Å². The zero-order valence-corrected chi connectivity index (χ0v) is 11.7. The predicted octanol–water partition coefficient (Wildman–Crippen LogP) is 2.59. The molecule has 4 heteroatoms. The Labute approximate surface area is 112 Å². The van der Waals surface area contributed by atoms with Crippen LogP contribution in [0.4, 0.5) is 5.69 Å². The number of anilines is 1. The predicted molar refractivity (Wildman–Crippen MR) is 78.2 cm³/mol. The normalized spacial score (nSPS) is 10.6. The molecule has 18 heavy (non-hydrogen) atoms. The van der Waals surface area contributed by atoms with Crippen LogP contribution in [0.5, 0.6) is 0 Å². The number of aryl methyl sites for hydroxylation is 1. The van der Waals surface area contributed by atoms with Crippen molar-refractivity contribution in [3.05, 3.63) is 45.9 Å². The van der Waals surface area contributed by atoms with Crippen molar-refractivity contribution < 1.29 is 0 Å². The van der Waals surface area contributed by atoms with Gasteiger partial charge in [-0.25, -0.2) is 4.98 Å². The lowest BCUT2D eigenvalue weighted by Gasteiger charge is -2.19. The van der Waals surface area contributed by atoms with Crippen molar-refractivity contribution in [2.24, 2.45) is 5.73 Å². The molecule has 0 unspecified atom stereocenters. The van der Waals surface area contributed by atoms with Crippen molar-refractivity contribution >= 4 is 17.0 Å². The average Bonchev–Trinajstić information content (AvgIpc) is 2.84. The van der Waals surface area contributed by atoms with E-state index in [2.05, 4.69) is 47.4 Å². The number of hydrogen-bond donors (Lipinski definition) is 1. The van der Waals surface area contributed by atoms with Crippen LogP contribution in [0, 0.1) is 6.92 Å². The maximum absolute atomic E-state index is 5.60. The Bertz CT molecular complexity index is 494. The molecule has 0 saturated heterocycles. The molecular weight excluding hydrogens is 242 g/mol. The highest BCUT2D eigenvalue weighted by atomic mass is 32.1. The second-order valence-corrected chi connectivity index (χ2v) is 5.20. The molecule has 0 radical (unpaired) electrons. The number of benzene rings is 1. The Morgan fingerprint density at radius 3 is 2.83 bits per heavy atom. The lowest BCUT2D eigenvalue weighted by Crippen LogP contribution is -2.17. The third-order valence-corrected chi connectivity index (χ3v) is 3.70. The molecule has 0 amide bonds. The molecule has 2 aromatic rings. The van der Waals surface area contributed by atoms with Gasteiger partial charge >= 0.3 is 0 Å². The Balaban J connectivity index is 2.11. The first kappa shape index (κ1) is 13.1. The van der Waals surface area contributed by atoms with E-state index in [0.29, 0.717) is 6.54 Å². The van der Waals surface area contributed by atoms with Gasteiger partial charge in [-0.3, -0.25) is 0 Å². The summed E-state index contributed by atoms with van der Waals surface area (Å²) in [7, 11) is 2.09. The van der Waals surface area contributed by atoms with E-state index < -0.39 is 0 Å². The number of nitrogens with zero attached hydrogens (tertiary/aromatic N) is 2. The minimum absolute atomic E-state index is 0.703. The van der Waals surface area contributed by atoms with Gasteiger partial charge < -0.3 is 10.6 Å². The van der Waals surface area contributed by atoms with Crippen molar-refractivity contribution in [1.82, 2.24) is 4.98 Å². The number of nitrogens with two attached hydrogens (primary N) is 1. The minimum atomic E-state index is 0.703. The number of rotatable bonds is 5. The van der Waals surface area contributed by atoms with Crippen molar-refractivity contribution in [1.29, 1.82) is 0 Å². The van der Waals surface area contributed by atoms with E-state index in [1.54, 1.807) is 11.3 Å². The van der Waals surface area contributed by atoms with Gasteiger partial charge in [0.25, 0.3) is 0 Å². The number of aromatic nitrogens is 1. The fourth-order valence-corrected chi connectivity index (χ4v) is 2.55. The lowest BCUT2D eigenvalue weighted by atomic mass is 10.0. The summed E-state index contributed by atoms with van der Waals surface area (Å²) in [6.45, 7) is 3.69. The van der Waals surface area contributed by atoms with Crippen molar-refractivity contribution in [3.8, 4) is 0 Å². The summed E-state index contributed by atoms with van der Waals surface area (Å²) in [6.07, 6.45) is 0.946. The van der Waals surface area contributed by atoms with Crippen LogP contribution in [0.2, 0.25) is 0 Å². The molecule has 2 rings (SSSR count). The van der Waals surface area contributed by atoms with Gasteiger partial charge in [-0.2, -0.15) is 0 Å². The van der Waals surface area contributed by atoms with Crippen molar-refractivity contribution in [2.45, 2.75) is 19.9 Å². The molecule has 1 aromatic heterocycles. The van der Waals surface area contributed by atoms with Gasteiger partial charge in [-0.05, 0) is 43.1 Å². The molecule has 0 fully saturated rings. The Hall–Kier alpha value is -1.39. The van der Waals surface area contributed by atoms with Crippen molar-refractivity contribution in [3.63, 3.8) is 0 Å². The summed E-state index contributed by atoms with van der Waals surface area (Å²) in [5.41, 5.74) is 12.5. The second kappa shape index (κ2) is 5.98. The van der Waals surface area contributed by atoms with E-state index in [-0.39, 0.29) is 0 Å². The quantitative estimate of drug-likeness (QED) is 0.899. The van der Waals surface area contributed by atoms with Gasteiger partial charge in [0.05, 0.1) is 17.7 Å². The summed E-state index contributed by atoms with van der Waals surface area (Å²) >= 11 is 1.64. The minimum Gasteiger partial charge on any atom is -0.369 e. The Morgan fingerprint density at radius 2 is 2.22 bits per heavy atom. The van der Waals surface area contributed by atoms with Crippen LogP contribution in [-0.4, -0.2) is 18.6 Å². The van der Waals surface area contributed by atoms with Gasteiger partial charge in [0.2, 0.25) is 0 Å². The maximum Gasteiger partial charge on any atom is 0.0795 e. The molecule has 1 heterocycles. The monoisotopic (exact) mass is 261 g/mol. The molecule has 0 aliphatic carbocycles. The fourth-order valence-electron chi connectivity index (χ4n) is 2.00. The standard InChI is InChI=1S/C14H19N3S/c1-11-7-14(4-3-12(11)5-6-15)17(2)8-13-9-18-10-16-13/h3-4,7,9-10H,5-6,8,15H2,1-2H3. The SMILES string of the molecule is Cc1cc(N(C)Cc2cscn2)ccc1CCN. The van der Waals surface area contributed by atoms with E-state index in [1.807, 2.05) is 5.51 Å². The Morgan fingerprint density at radius 1 is 1.39 bits per heavy atom. The number of thiazole rings is 1. The smallest absolute Gasteiger partial charge is 0.0795 e. The van der Waals surface area contributed by atoms with Crippen LogP contribution in [0.25, 0.3) is 0 Å². The van der Waals surface area contributed by atoms with Crippen LogP contribution in [0.1, 0.15) is 16.8 Å². The van der Waals surface area contributed by atoms with E-state index in [4.69, 9.17) is 5.73 Å². The second-order valence-electron chi connectivity index (χ2n) is 4.49. The lowest BCUT2D eigenvalue weighted by molar-refractivity contribution is 0.890. The highest BCUT2D eigenvalue weighted by Gasteiger charge is 2.05. The molecule has 2 N–H and O–H groups in total. The maximum atomic E-state index is 5.60. The first-order valence-electron chi connectivity index (χ1n) is 6.08. The molecule has 0 atom stereocenters. The summed E-state index contributed by atoms with van der Waals surface area (Å²) in [5.74, 6) is 0. The van der Waals surface area contributed by atoms with Crippen LogP contribution >= 0.6 is 11.3 Å². The van der Waals surface area contributed by atoms with Crippen LogP contribution in [-0.2, 0) is 13.0 Å². The summed E-state index contributed by atoms with van der Waals surface area (Å²) in [5, 5.41) is 2.09.